The fourth-order valence-corrected chi connectivity index (χ4v) is 3.43. The third-order valence-corrected chi connectivity index (χ3v) is 5.16. The molecule has 2 unspecified atom stereocenters. The summed E-state index contributed by atoms with van der Waals surface area (Å²) < 4.78 is 37.2. The topological polar surface area (TPSA) is 96.6 Å². The molecule has 0 saturated carbocycles. The molecule has 1 heterocycles. The summed E-state index contributed by atoms with van der Waals surface area (Å²) in [6.07, 6.45) is -0.138. The second-order valence-electron chi connectivity index (χ2n) is 7.67. The number of ether oxygens (including phenoxy) is 1. The lowest BCUT2D eigenvalue weighted by atomic mass is 10.00. The Balaban J connectivity index is 1.69. The molecule has 33 heavy (non-hydrogen) atoms. The first-order chi connectivity index (χ1) is 15.9. The second kappa shape index (κ2) is 11.5. The van der Waals surface area contributed by atoms with Crippen LogP contribution in [0, 0.1) is 11.6 Å². The predicted molar refractivity (Wildman–Crippen MR) is 118 cm³/mol. The number of nitrogens with zero attached hydrogens (tertiary/aromatic N) is 1. The van der Waals surface area contributed by atoms with E-state index in [0.717, 1.165) is 30.2 Å². The molecular formula is C24H27F2N3O4. The Bertz CT molecular complexity index is 1050. The Kier molecular flexibility index (Phi) is 8.51. The highest BCUT2D eigenvalue weighted by atomic mass is 19.1. The molecule has 1 amide bonds. The average Bonchev–Trinajstić information content (AvgIpc) is 3.27. The van der Waals surface area contributed by atoms with Crippen LogP contribution in [0.3, 0.4) is 0 Å². The SMILES string of the molecule is CCc1cccc(CNCC(O)C(Cc2cc(F)cc(F)c2)NC(=O)c2cc(OC)no2)c1. The number of rotatable bonds is 11. The van der Waals surface area contributed by atoms with Crippen molar-refractivity contribution in [3.63, 3.8) is 0 Å². The number of carbonyl (C=O) groups is 1. The van der Waals surface area contributed by atoms with E-state index in [2.05, 4.69) is 28.8 Å². The normalized spacial score (nSPS) is 12.9. The van der Waals surface area contributed by atoms with Gasteiger partial charge < -0.3 is 25.0 Å². The monoisotopic (exact) mass is 459 g/mol. The van der Waals surface area contributed by atoms with E-state index in [1.54, 1.807) is 0 Å². The molecule has 0 bridgehead atoms. The van der Waals surface area contributed by atoms with Crippen molar-refractivity contribution in [2.24, 2.45) is 0 Å². The van der Waals surface area contributed by atoms with E-state index < -0.39 is 29.7 Å². The number of carbonyl (C=O) groups excluding carboxylic acids is 1. The van der Waals surface area contributed by atoms with Crippen molar-refractivity contribution in [2.45, 2.75) is 38.5 Å². The van der Waals surface area contributed by atoms with Gasteiger partial charge in [-0.1, -0.05) is 31.2 Å². The minimum Gasteiger partial charge on any atom is -0.479 e. The van der Waals surface area contributed by atoms with Gasteiger partial charge in [0.1, 0.15) is 11.6 Å². The maximum absolute atomic E-state index is 13.7. The standard InChI is InChI=1S/C24H27F2N3O4/c1-3-15-5-4-6-16(7-15)13-27-14-21(30)20(10-17-8-18(25)11-19(26)9-17)28-24(31)22-12-23(32-2)29-33-22/h4-9,11-12,20-21,27,30H,3,10,13-14H2,1-2H3,(H,28,31). The van der Waals surface area contributed by atoms with Crippen LogP contribution in [0.25, 0.3) is 0 Å². The van der Waals surface area contributed by atoms with Crippen LogP contribution in [0.1, 0.15) is 34.2 Å². The van der Waals surface area contributed by atoms with Gasteiger partial charge in [-0.3, -0.25) is 4.79 Å². The number of halogens is 2. The van der Waals surface area contributed by atoms with Crippen LogP contribution < -0.4 is 15.4 Å². The van der Waals surface area contributed by atoms with Crippen LogP contribution in [-0.2, 0) is 19.4 Å². The van der Waals surface area contributed by atoms with E-state index in [-0.39, 0.29) is 24.6 Å². The summed E-state index contributed by atoms with van der Waals surface area (Å²) >= 11 is 0. The van der Waals surface area contributed by atoms with Crippen molar-refractivity contribution in [3.05, 3.63) is 82.6 Å². The number of nitrogens with one attached hydrogen (secondary N) is 2. The molecule has 0 radical (unpaired) electrons. The van der Waals surface area contributed by atoms with Crippen molar-refractivity contribution >= 4 is 5.91 Å². The Hall–Kier alpha value is -3.30. The van der Waals surface area contributed by atoms with Gasteiger partial charge in [-0.15, -0.1) is 0 Å². The molecule has 0 aliphatic carbocycles. The minimum absolute atomic E-state index is 0.000140. The zero-order valence-corrected chi connectivity index (χ0v) is 18.5. The number of aryl methyl sites for hydroxylation is 1. The van der Waals surface area contributed by atoms with Crippen LogP contribution in [-0.4, -0.2) is 42.0 Å². The Morgan fingerprint density at radius 3 is 2.52 bits per heavy atom. The highest BCUT2D eigenvalue weighted by Gasteiger charge is 2.25. The Labute approximate surface area is 190 Å². The number of amides is 1. The molecule has 0 aliphatic heterocycles. The predicted octanol–water partition coefficient (Wildman–Crippen LogP) is 3.02. The van der Waals surface area contributed by atoms with Crippen LogP contribution in [0.4, 0.5) is 8.78 Å². The molecule has 7 nitrogen and oxygen atoms in total. The maximum Gasteiger partial charge on any atom is 0.290 e. The summed E-state index contributed by atoms with van der Waals surface area (Å²) in [5, 5.41) is 20.2. The zero-order chi connectivity index (χ0) is 23.8. The Morgan fingerprint density at radius 2 is 1.85 bits per heavy atom. The summed E-state index contributed by atoms with van der Waals surface area (Å²) in [6.45, 7) is 2.72. The third kappa shape index (κ3) is 7.10. The van der Waals surface area contributed by atoms with Gasteiger partial charge in [-0.25, -0.2) is 8.78 Å². The molecule has 0 saturated heterocycles. The number of methoxy groups -OCH3 is 1. The van der Waals surface area contributed by atoms with Crippen molar-refractivity contribution in [1.29, 1.82) is 0 Å². The van der Waals surface area contributed by atoms with Crippen molar-refractivity contribution < 1.29 is 27.9 Å². The smallest absolute Gasteiger partial charge is 0.290 e. The number of hydrogen-bond donors (Lipinski definition) is 3. The van der Waals surface area contributed by atoms with Gasteiger partial charge in [-0.05, 0) is 46.8 Å². The van der Waals surface area contributed by atoms with Crippen molar-refractivity contribution in [3.8, 4) is 5.88 Å². The molecule has 3 aromatic rings. The highest BCUT2D eigenvalue weighted by molar-refractivity contribution is 5.91. The molecular weight excluding hydrogens is 432 g/mol. The lowest BCUT2D eigenvalue weighted by Gasteiger charge is -2.24. The summed E-state index contributed by atoms with van der Waals surface area (Å²) in [4.78, 5) is 12.6. The quantitative estimate of drug-likeness (QED) is 0.408. The molecule has 0 spiro atoms. The first-order valence-corrected chi connectivity index (χ1v) is 10.6. The number of benzene rings is 2. The summed E-state index contributed by atoms with van der Waals surface area (Å²) in [7, 11) is 1.38. The number of aliphatic hydroxyl groups is 1. The van der Waals surface area contributed by atoms with E-state index in [4.69, 9.17) is 9.26 Å². The van der Waals surface area contributed by atoms with Crippen LogP contribution in [0.2, 0.25) is 0 Å². The van der Waals surface area contributed by atoms with Gasteiger partial charge in [0.2, 0.25) is 5.76 Å². The van der Waals surface area contributed by atoms with Gasteiger partial charge in [0.05, 0.1) is 25.3 Å². The van der Waals surface area contributed by atoms with E-state index in [1.807, 2.05) is 18.2 Å². The number of aliphatic hydroxyl groups excluding tert-OH is 1. The summed E-state index contributed by atoms with van der Waals surface area (Å²) in [5.74, 6) is -2.10. The van der Waals surface area contributed by atoms with Gasteiger partial charge >= 0.3 is 0 Å². The summed E-state index contributed by atoms with van der Waals surface area (Å²) in [6, 6.07) is 11.6. The van der Waals surface area contributed by atoms with Gasteiger partial charge in [0.15, 0.2) is 0 Å². The molecule has 0 fully saturated rings. The van der Waals surface area contributed by atoms with Crippen molar-refractivity contribution in [1.82, 2.24) is 15.8 Å². The fourth-order valence-electron chi connectivity index (χ4n) is 3.43. The fraction of sp³-hybridized carbons (Fsp3) is 0.333. The van der Waals surface area contributed by atoms with E-state index in [1.165, 1.54) is 18.7 Å². The Morgan fingerprint density at radius 1 is 1.12 bits per heavy atom. The summed E-state index contributed by atoms with van der Waals surface area (Å²) in [5.41, 5.74) is 2.56. The first kappa shape index (κ1) is 24.3. The largest absolute Gasteiger partial charge is 0.479 e. The number of hydrogen-bond acceptors (Lipinski definition) is 6. The number of aromatic nitrogens is 1. The molecule has 3 rings (SSSR count). The van der Waals surface area contributed by atoms with Gasteiger partial charge in [-0.2, -0.15) is 0 Å². The lowest BCUT2D eigenvalue weighted by Crippen LogP contribution is -2.48. The van der Waals surface area contributed by atoms with Gasteiger partial charge in [0.25, 0.3) is 11.8 Å². The van der Waals surface area contributed by atoms with Crippen LogP contribution in [0.5, 0.6) is 5.88 Å². The van der Waals surface area contributed by atoms with Gasteiger partial charge in [0, 0.05) is 19.2 Å². The van der Waals surface area contributed by atoms with E-state index >= 15 is 0 Å². The van der Waals surface area contributed by atoms with Crippen molar-refractivity contribution in [2.75, 3.05) is 13.7 Å². The molecule has 2 atom stereocenters. The highest BCUT2D eigenvalue weighted by Crippen LogP contribution is 2.14. The molecule has 0 aliphatic rings. The van der Waals surface area contributed by atoms with E-state index in [0.29, 0.717) is 12.1 Å². The molecule has 9 heteroatoms. The van der Waals surface area contributed by atoms with Crippen LogP contribution >= 0.6 is 0 Å². The molecule has 176 valence electrons. The average molecular weight is 459 g/mol. The van der Waals surface area contributed by atoms with Crippen LogP contribution in [0.15, 0.2) is 53.1 Å². The maximum atomic E-state index is 13.7. The van der Waals surface area contributed by atoms with E-state index in [9.17, 15) is 18.7 Å². The molecule has 2 aromatic carbocycles. The molecule has 1 aromatic heterocycles. The first-order valence-electron chi connectivity index (χ1n) is 10.6. The third-order valence-electron chi connectivity index (χ3n) is 5.16. The zero-order valence-electron chi connectivity index (χ0n) is 18.5. The lowest BCUT2D eigenvalue weighted by molar-refractivity contribution is 0.0796. The minimum atomic E-state index is -1.06. The second-order valence-corrected chi connectivity index (χ2v) is 7.67. The molecule has 3 N–H and O–H groups in total.